The van der Waals surface area contributed by atoms with Crippen LogP contribution in [-0.2, 0) is 28.6 Å². The van der Waals surface area contributed by atoms with Gasteiger partial charge in [0.15, 0.2) is 6.10 Å². The number of ether oxygens (including phenoxy) is 3. The topological polar surface area (TPSA) is 78.9 Å². The van der Waals surface area contributed by atoms with Gasteiger partial charge in [0.05, 0.1) is 0 Å². The monoisotopic (exact) mass is 819 g/mol. The van der Waals surface area contributed by atoms with Crippen molar-refractivity contribution < 1.29 is 28.6 Å². The van der Waals surface area contributed by atoms with Crippen molar-refractivity contribution in [2.24, 2.45) is 0 Å². The van der Waals surface area contributed by atoms with E-state index in [0.29, 0.717) is 19.3 Å². The highest BCUT2D eigenvalue weighted by molar-refractivity contribution is 5.71. The Morgan fingerprint density at radius 2 is 0.746 bits per heavy atom. The van der Waals surface area contributed by atoms with Gasteiger partial charge in [0.2, 0.25) is 0 Å². The molecule has 0 amide bonds. The zero-order chi connectivity index (χ0) is 43.0. The Morgan fingerprint density at radius 1 is 0.373 bits per heavy atom. The number of esters is 3. The predicted molar refractivity (Wildman–Crippen MR) is 251 cm³/mol. The Bertz CT molecular complexity index is 1220. The SMILES string of the molecule is CC\C=C/C=C\C=C/C=C\CCCCCC(=O)OC(COC(=O)CCCCC/C=C\C=C/CCCC)COC(=O)CCCCCCCCC/C=C\C/C=C\CCCCC. The van der Waals surface area contributed by atoms with Gasteiger partial charge in [-0.3, -0.25) is 14.4 Å². The molecule has 0 rings (SSSR count). The predicted octanol–water partition coefficient (Wildman–Crippen LogP) is 15.4. The first-order valence-electron chi connectivity index (χ1n) is 23.8. The fraction of sp³-hybridized carbons (Fsp3) is 0.642. The lowest BCUT2D eigenvalue weighted by atomic mass is 10.1. The maximum atomic E-state index is 12.7. The third-order valence-electron chi connectivity index (χ3n) is 9.66. The Kier molecular flexibility index (Phi) is 44.1. The molecule has 0 radical (unpaired) electrons. The number of unbranched alkanes of at least 4 members (excludes halogenated alkanes) is 18. The van der Waals surface area contributed by atoms with Crippen LogP contribution in [0.5, 0.6) is 0 Å². The van der Waals surface area contributed by atoms with Gasteiger partial charge in [-0.2, -0.15) is 0 Å². The molecule has 0 saturated heterocycles. The van der Waals surface area contributed by atoms with Crippen LogP contribution in [0.25, 0.3) is 0 Å². The molecular formula is C53H86O6. The lowest BCUT2D eigenvalue weighted by molar-refractivity contribution is -0.167. The van der Waals surface area contributed by atoms with Crippen molar-refractivity contribution in [3.63, 3.8) is 0 Å². The van der Waals surface area contributed by atoms with Gasteiger partial charge in [-0.15, -0.1) is 0 Å². The van der Waals surface area contributed by atoms with Crippen LogP contribution in [0.15, 0.2) is 97.2 Å². The van der Waals surface area contributed by atoms with Crippen molar-refractivity contribution in [2.45, 2.75) is 207 Å². The maximum Gasteiger partial charge on any atom is 0.306 e. The van der Waals surface area contributed by atoms with Gasteiger partial charge in [0.25, 0.3) is 0 Å². The van der Waals surface area contributed by atoms with Crippen molar-refractivity contribution in [3.8, 4) is 0 Å². The third-order valence-corrected chi connectivity index (χ3v) is 9.66. The third kappa shape index (κ3) is 45.3. The second-order valence-corrected chi connectivity index (χ2v) is 15.4. The van der Waals surface area contributed by atoms with Gasteiger partial charge in [-0.1, -0.05) is 189 Å². The van der Waals surface area contributed by atoms with Crippen LogP contribution >= 0.6 is 0 Å². The molecule has 0 aromatic rings. The van der Waals surface area contributed by atoms with Crippen molar-refractivity contribution in [2.75, 3.05) is 13.2 Å². The van der Waals surface area contributed by atoms with Gasteiger partial charge in [0.1, 0.15) is 13.2 Å². The largest absolute Gasteiger partial charge is 0.462 e. The second-order valence-electron chi connectivity index (χ2n) is 15.4. The quantitative estimate of drug-likeness (QED) is 0.0201. The summed E-state index contributed by atoms with van der Waals surface area (Å²) in [5.74, 6) is -0.992. The lowest BCUT2D eigenvalue weighted by Gasteiger charge is -2.18. The summed E-state index contributed by atoms with van der Waals surface area (Å²) in [4.78, 5) is 37.8. The molecule has 0 aliphatic rings. The van der Waals surface area contributed by atoms with Gasteiger partial charge in [0, 0.05) is 19.3 Å². The van der Waals surface area contributed by atoms with E-state index in [1.165, 1.54) is 64.2 Å². The van der Waals surface area contributed by atoms with E-state index in [9.17, 15) is 14.4 Å². The van der Waals surface area contributed by atoms with Crippen LogP contribution in [0.4, 0.5) is 0 Å². The van der Waals surface area contributed by atoms with Crippen molar-refractivity contribution >= 4 is 17.9 Å². The van der Waals surface area contributed by atoms with E-state index >= 15 is 0 Å². The van der Waals surface area contributed by atoms with E-state index in [-0.39, 0.29) is 37.5 Å². The fourth-order valence-corrected chi connectivity index (χ4v) is 6.05. The molecule has 0 aromatic carbocycles. The highest BCUT2D eigenvalue weighted by Gasteiger charge is 2.19. The smallest absolute Gasteiger partial charge is 0.306 e. The lowest BCUT2D eigenvalue weighted by Crippen LogP contribution is -2.30. The van der Waals surface area contributed by atoms with Crippen molar-refractivity contribution in [1.82, 2.24) is 0 Å². The number of hydrogen-bond acceptors (Lipinski definition) is 6. The van der Waals surface area contributed by atoms with Crippen LogP contribution < -0.4 is 0 Å². The Morgan fingerprint density at radius 3 is 1.25 bits per heavy atom. The van der Waals surface area contributed by atoms with Crippen LogP contribution in [0.1, 0.15) is 201 Å². The first-order chi connectivity index (χ1) is 29.0. The summed E-state index contributed by atoms with van der Waals surface area (Å²) in [5, 5.41) is 0. The minimum atomic E-state index is -0.811. The molecule has 59 heavy (non-hydrogen) atoms. The summed E-state index contributed by atoms with van der Waals surface area (Å²) in [7, 11) is 0. The molecule has 0 aliphatic carbocycles. The molecule has 0 aromatic heterocycles. The fourth-order valence-electron chi connectivity index (χ4n) is 6.05. The molecule has 6 nitrogen and oxygen atoms in total. The highest BCUT2D eigenvalue weighted by atomic mass is 16.6. The average Bonchev–Trinajstić information content (AvgIpc) is 3.23. The van der Waals surface area contributed by atoms with Gasteiger partial charge in [-0.25, -0.2) is 0 Å². The number of allylic oxidation sites excluding steroid dienone is 16. The molecule has 0 saturated carbocycles. The number of carbonyl (C=O) groups excluding carboxylic acids is 3. The van der Waals surface area contributed by atoms with Crippen LogP contribution in [0, 0.1) is 0 Å². The first kappa shape index (κ1) is 55.3. The molecule has 0 bridgehead atoms. The minimum absolute atomic E-state index is 0.108. The normalized spacial score (nSPS) is 12.9. The summed E-state index contributed by atoms with van der Waals surface area (Å²) in [6.45, 7) is 6.33. The molecular weight excluding hydrogens is 733 g/mol. The first-order valence-corrected chi connectivity index (χ1v) is 23.8. The Labute approximate surface area is 362 Å². The summed E-state index contributed by atoms with van der Waals surface area (Å²) >= 11 is 0. The van der Waals surface area contributed by atoms with Crippen LogP contribution in [0.3, 0.4) is 0 Å². The molecule has 0 heterocycles. The number of hydrogen-bond donors (Lipinski definition) is 0. The molecule has 1 unspecified atom stereocenters. The minimum Gasteiger partial charge on any atom is -0.462 e. The van der Waals surface area contributed by atoms with Crippen molar-refractivity contribution in [1.29, 1.82) is 0 Å². The summed E-state index contributed by atoms with van der Waals surface area (Å²) in [5.41, 5.74) is 0. The molecule has 1 atom stereocenters. The summed E-state index contributed by atoms with van der Waals surface area (Å²) in [6.07, 6.45) is 61.0. The molecule has 334 valence electrons. The van der Waals surface area contributed by atoms with Crippen LogP contribution in [-0.4, -0.2) is 37.2 Å². The average molecular weight is 819 g/mol. The standard InChI is InChI=1S/C53H86O6/c1-4-7-10-13-16-19-22-24-25-26-27-29-31-34-37-40-43-46-52(55)58-49-50(48-57-51(54)45-42-39-36-33-30-21-18-15-12-9-6-3)59-53(56)47-44-41-38-35-32-28-23-20-17-14-11-8-5-2/h8,11,14-21,23-25,28,30,32,50H,4-7,9-10,12-13,22,26-27,29,31,33-49H2,1-3H3/b11-8-,17-14-,18-15-,19-16-,23-20-,25-24-,30-21-,32-28-. The molecule has 0 fully saturated rings. The molecule has 6 heteroatoms. The van der Waals surface area contributed by atoms with Gasteiger partial charge < -0.3 is 14.2 Å². The van der Waals surface area contributed by atoms with E-state index in [1.807, 2.05) is 36.5 Å². The van der Waals surface area contributed by atoms with E-state index in [1.54, 1.807) is 0 Å². The second kappa shape index (κ2) is 47.0. The number of carbonyl (C=O) groups is 3. The number of rotatable bonds is 41. The Hall–Kier alpha value is -3.67. The van der Waals surface area contributed by atoms with E-state index in [4.69, 9.17) is 14.2 Å². The molecule has 0 spiro atoms. The summed E-state index contributed by atoms with van der Waals surface area (Å²) in [6, 6.07) is 0. The van der Waals surface area contributed by atoms with Gasteiger partial charge >= 0.3 is 17.9 Å². The highest BCUT2D eigenvalue weighted by Crippen LogP contribution is 2.13. The zero-order valence-corrected chi connectivity index (χ0v) is 38.0. The van der Waals surface area contributed by atoms with E-state index < -0.39 is 6.10 Å². The van der Waals surface area contributed by atoms with Crippen molar-refractivity contribution in [3.05, 3.63) is 97.2 Å². The zero-order valence-electron chi connectivity index (χ0n) is 38.0. The Balaban J connectivity index is 4.48. The van der Waals surface area contributed by atoms with E-state index in [0.717, 1.165) is 89.9 Å². The molecule has 0 N–H and O–H groups in total. The summed E-state index contributed by atoms with van der Waals surface area (Å²) < 4.78 is 16.7. The van der Waals surface area contributed by atoms with Gasteiger partial charge in [-0.05, 0) is 89.9 Å². The van der Waals surface area contributed by atoms with Crippen LogP contribution in [0.2, 0.25) is 0 Å². The molecule has 0 aliphatic heterocycles. The van der Waals surface area contributed by atoms with E-state index in [2.05, 4.69) is 81.5 Å². The maximum absolute atomic E-state index is 12.7.